The normalized spacial score (nSPS) is 15.6. The van der Waals surface area contributed by atoms with Crippen molar-refractivity contribution < 1.29 is 184 Å². The third-order valence-electron chi connectivity index (χ3n) is 26.9. The van der Waals surface area contributed by atoms with E-state index in [1.54, 1.807) is 138 Å². The molecule has 0 amide bonds. The van der Waals surface area contributed by atoms with E-state index >= 15 is 0 Å². The van der Waals surface area contributed by atoms with Crippen molar-refractivity contribution >= 4 is 0 Å². The lowest BCUT2D eigenvalue weighted by Crippen LogP contribution is -2.43. The van der Waals surface area contributed by atoms with Gasteiger partial charge in [-0.15, -0.1) is 0 Å². The second kappa shape index (κ2) is 65.1. The molecule has 860 valence electrons. The standard InChI is InChI=1S/C9H17F3.3C8H15F3.C8H18.2C7H10F6.6C7H13F3/c1-6(2)8(4,5)7(3)9(10,11)12;1-6(2,3)7(4,5)8(9,10)11;2*1-5(2)6(3)7(4)8(9,10)11;1-7(2,3)8(4,5)6;1-4(2)3-5(6(8,9)10)7(11,12)13;1-2-3-4-5(6(8,9)10)7(11,12)13;1-5(2)6(3,4)7(8,9)10;1-4-6(2,3)5-7(8,9)10;1-4-5-6(2,3)7(8,9)10;2*1-4-5(2)6(3)7(8,9)10;1-3-6(4-2)5-7(8,9)10/h6-7H,1-5H3;1-5H3;2*5-7H,1-4H3;1-6H3;4-5H,3H2,1-2H3;5H,2-4H2,1H3;5H,1-4H3;2*4-5H2,1-3H3;2*5-6H,4H2,1-3H3;6H,3-5H2,1-2H3/t;;2*6-,7?;;;;;;;5?,6-;5-,6?;/m..11......10./s1. The van der Waals surface area contributed by atoms with Crippen molar-refractivity contribution in [2.45, 2.75) is 482 Å². The molecular weight excluding hydrogens is 1960 g/mol. The van der Waals surface area contributed by atoms with Gasteiger partial charge in [0.25, 0.3) is 0 Å². The van der Waals surface area contributed by atoms with Gasteiger partial charge in [0, 0.05) is 12.8 Å². The highest BCUT2D eigenvalue weighted by Gasteiger charge is 2.59. The summed E-state index contributed by atoms with van der Waals surface area (Å²) in [5.41, 5.74) is -5.85. The van der Waals surface area contributed by atoms with Crippen LogP contribution < -0.4 is 0 Å². The fraction of sp³-hybridized carbons (Fsp3) is 1.00. The van der Waals surface area contributed by atoms with Gasteiger partial charge in [-0.1, -0.05) is 363 Å². The summed E-state index contributed by atoms with van der Waals surface area (Å²) in [5, 5.41) is 0. The zero-order valence-corrected chi connectivity index (χ0v) is 90.9. The average Bonchev–Trinajstić information content (AvgIpc) is 0.783. The number of halogens is 42. The van der Waals surface area contributed by atoms with E-state index in [0.29, 0.717) is 55.8 Å². The molecule has 0 saturated carbocycles. The lowest BCUT2D eigenvalue weighted by atomic mass is 9.69. The molecule has 0 aliphatic rings. The van der Waals surface area contributed by atoms with E-state index < -0.39 is 192 Å². The highest BCUT2D eigenvalue weighted by molar-refractivity contribution is 4.89. The molecule has 0 aromatic heterocycles. The highest BCUT2D eigenvalue weighted by atomic mass is 19.5. The topological polar surface area (TPSA) is 0 Å². The van der Waals surface area contributed by atoms with Crippen molar-refractivity contribution in [3.05, 3.63) is 0 Å². The van der Waals surface area contributed by atoms with Gasteiger partial charge in [0.15, 0.2) is 11.8 Å². The predicted molar refractivity (Wildman–Crippen MR) is 479 cm³/mol. The van der Waals surface area contributed by atoms with Crippen molar-refractivity contribution in [1.82, 2.24) is 0 Å². The summed E-state index contributed by atoms with van der Waals surface area (Å²) in [4.78, 5) is 0. The van der Waals surface area contributed by atoms with Gasteiger partial charge in [0.1, 0.15) is 0 Å². The average molecular weight is 2140 g/mol. The summed E-state index contributed by atoms with van der Waals surface area (Å²) in [5.74, 6) is -14.4. The Kier molecular flexibility index (Phi) is 76.8. The van der Waals surface area contributed by atoms with Crippen LogP contribution in [0, 0.1) is 144 Å². The molecule has 0 radical (unpaired) electrons. The Bertz CT molecular complexity index is 2800. The number of hydrogen-bond acceptors (Lipinski definition) is 0. The maximum atomic E-state index is 12.3. The summed E-state index contributed by atoms with van der Waals surface area (Å²) in [6.45, 7) is 74.0. The van der Waals surface area contributed by atoms with E-state index in [1.165, 1.54) is 90.0 Å². The fourth-order valence-corrected chi connectivity index (χ4v) is 8.96. The Balaban J connectivity index is -0.000000113. The van der Waals surface area contributed by atoms with Gasteiger partial charge in [-0.05, 0) is 106 Å². The molecule has 0 spiro atoms. The molecule has 0 bridgehead atoms. The van der Waals surface area contributed by atoms with Crippen molar-refractivity contribution in [3.63, 3.8) is 0 Å². The van der Waals surface area contributed by atoms with Gasteiger partial charge in [-0.2, -0.15) is 184 Å². The lowest BCUT2D eigenvalue weighted by Gasteiger charge is -2.40. The minimum Gasteiger partial charge on any atom is -0.171 e. The van der Waals surface area contributed by atoms with Crippen molar-refractivity contribution in [1.29, 1.82) is 0 Å². The Labute approximate surface area is 807 Å². The maximum Gasteiger partial charge on any atom is 0.400 e. The van der Waals surface area contributed by atoms with Crippen LogP contribution >= 0.6 is 0 Å². The molecule has 0 fully saturated rings. The molecule has 0 aromatic rings. The quantitative estimate of drug-likeness (QED) is 0.0895. The molecule has 0 nitrogen and oxygen atoms in total. The second-order valence-electron chi connectivity index (χ2n) is 43.8. The minimum absolute atomic E-state index is 0.0362. The zero-order chi connectivity index (χ0) is 117. The van der Waals surface area contributed by atoms with Crippen molar-refractivity contribution in [3.8, 4) is 0 Å². The van der Waals surface area contributed by atoms with Gasteiger partial charge in [0.05, 0.1) is 45.8 Å². The summed E-state index contributed by atoms with van der Waals surface area (Å²) < 4.78 is 502. The Morgan fingerprint density at radius 1 is 0.259 bits per heavy atom. The van der Waals surface area contributed by atoms with Crippen molar-refractivity contribution in [2.24, 2.45) is 144 Å². The largest absolute Gasteiger partial charge is 0.400 e. The van der Waals surface area contributed by atoms with Gasteiger partial charge >= 0.3 is 86.5 Å². The van der Waals surface area contributed by atoms with Crippen LogP contribution in [0.1, 0.15) is 395 Å². The highest BCUT2D eigenvalue weighted by Crippen LogP contribution is 2.52. The van der Waals surface area contributed by atoms with Crippen LogP contribution in [0.4, 0.5) is 184 Å². The first kappa shape index (κ1) is 164. The SMILES string of the molecule is CC(C)(C)C(C)(C)C.CC(C)(C)C(C)(C)C(F)(F)F.CC(C)C(C)(C)C(C)C(F)(F)F.CC(C)C(C)(C)C(F)(F)F.CC(C)CC(C(F)(F)F)C(F)(F)F.CC(C)[C@@H](C)C(C)C(F)(F)F.CC(C)[C@@H](C)C(C)C(F)(F)F.CCC(C)(C)CC(F)(F)F.CCC(C)[C@@H](C)C(F)(F)F.CCC(CC)CC(F)(F)F.CCCC(C)(C)C(F)(F)F.CCCCC(C(F)(F)F)C(F)(F)F.CC[C@H](C)C(C)C(F)(F)F. The van der Waals surface area contributed by atoms with Crippen molar-refractivity contribution in [2.75, 3.05) is 0 Å². The fourth-order valence-electron chi connectivity index (χ4n) is 8.96. The van der Waals surface area contributed by atoms with E-state index in [1.807, 2.05) is 41.5 Å². The molecule has 42 heteroatoms. The molecule has 0 aliphatic carbocycles. The molecule has 0 N–H and O–H groups in total. The van der Waals surface area contributed by atoms with Gasteiger partial charge in [-0.3, -0.25) is 0 Å². The zero-order valence-electron chi connectivity index (χ0n) is 90.9. The maximum absolute atomic E-state index is 12.3. The number of hydrogen-bond donors (Lipinski definition) is 0. The Morgan fingerprint density at radius 3 is 0.604 bits per heavy atom. The minimum atomic E-state index is -5.19. The van der Waals surface area contributed by atoms with Crippen LogP contribution in [0.3, 0.4) is 0 Å². The van der Waals surface area contributed by atoms with E-state index in [2.05, 4.69) is 41.5 Å². The van der Waals surface area contributed by atoms with Gasteiger partial charge in [-0.25, -0.2) is 0 Å². The summed E-state index contributed by atoms with van der Waals surface area (Å²) >= 11 is 0. The van der Waals surface area contributed by atoms with E-state index in [9.17, 15) is 184 Å². The Morgan fingerprint density at radius 2 is 0.532 bits per heavy atom. The number of unbranched alkanes of at least 4 members (excludes halogenated alkanes) is 1. The van der Waals surface area contributed by atoms with E-state index in [4.69, 9.17) is 0 Å². The lowest BCUT2D eigenvalue weighted by molar-refractivity contribution is -0.288. The summed E-state index contributed by atoms with van der Waals surface area (Å²) in [6, 6.07) is 0. The smallest absolute Gasteiger partial charge is 0.171 e. The summed E-state index contributed by atoms with van der Waals surface area (Å²) in [6.07, 6.45) is -60.2. The molecule has 0 aliphatic heterocycles. The van der Waals surface area contributed by atoms with Crippen LogP contribution in [0.2, 0.25) is 0 Å². The number of alkyl halides is 42. The third-order valence-corrected chi connectivity index (χ3v) is 26.9. The molecule has 5 unspecified atom stereocenters. The Hall–Kier alpha value is -2.94. The van der Waals surface area contributed by atoms with Crippen LogP contribution in [0.25, 0.3) is 0 Å². The molecule has 9 atom stereocenters. The predicted octanol–water partition coefficient (Wildman–Crippen LogP) is 45.0. The summed E-state index contributed by atoms with van der Waals surface area (Å²) in [7, 11) is 0. The number of rotatable bonds is 23. The first-order chi connectivity index (χ1) is 59.7. The molecule has 0 saturated heterocycles. The third kappa shape index (κ3) is 80.8. The molecule has 139 heavy (non-hydrogen) atoms. The van der Waals surface area contributed by atoms with E-state index in [0.717, 1.165) is 0 Å². The molecular formula is C97H178F42. The second-order valence-corrected chi connectivity index (χ2v) is 43.8. The van der Waals surface area contributed by atoms with E-state index in [-0.39, 0.29) is 66.1 Å². The molecule has 0 aromatic carbocycles. The van der Waals surface area contributed by atoms with Crippen LogP contribution in [0.5, 0.6) is 0 Å². The monoisotopic (exact) mass is 2140 g/mol. The van der Waals surface area contributed by atoms with Gasteiger partial charge in [0.2, 0.25) is 0 Å². The van der Waals surface area contributed by atoms with Crippen LogP contribution in [-0.4, -0.2) is 86.5 Å². The first-order valence-electron chi connectivity index (χ1n) is 46.6. The molecule has 0 heterocycles. The van der Waals surface area contributed by atoms with Crippen LogP contribution in [0.15, 0.2) is 0 Å². The van der Waals surface area contributed by atoms with Gasteiger partial charge < -0.3 is 0 Å². The first-order valence-corrected chi connectivity index (χ1v) is 46.6. The molecule has 0 rings (SSSR count). The van der Waals surface area contributed by atoms with Crippen LogP contribution in [-0.2, 0) is 0 Å².